The molecule has 1 aliphatic heterocycles. The van der Waals surface area contributed by atoms with Gasteiger partial charge in [-0.25, -0.2) is 4.79 Å². The molecule has 7 heteroatoms. The molecule has 6 nitrogen and oxygen atoms in total. The van der Waals surface area contributed by atoms with E-state index in [-0.39, 0.29) is 5.91 Å². The molecule has 2 heterocycles. The Kier molecular flexibility index (Phi) is 4.26. The molecule has 0 saturated carbocycles. The van der Waals surface area contributed by atoms with Crippen molar-refractivity contribution < 1.29 is 14.4 Å². The lowest BCUT2D eigenvalue weighted by molar-refractivity contribution is -0.123. The number of urea groups is 1. The van der Waals surface area contributed by atoms with Crippen LogP contribution in [-0.2, 0) is 23.2 Å². The summed E-state index contributed by atoms with van der Waals surface area (Å²) in [6.45, 7) is 3.69. The van der Waals surface area contributed by atoms with E-state index in [0.717, 1.165) is 23.4 Å². The molecule has 0 bridgehead atoms. The third kappa shape index (κ3) is 3.02. The molecule has 0 radical (unpaired) electrons. The Balaban J connectivity index is 1.59. The van der Waals surface area contributed by atoms with Gasteiger partial charge in [-0.3, -0.25) is 14.9 Å². The predicted octanol–water partition coefficient (Wildman–Crippen LogP) is 3.24. The maximum Gasteiger partial charge on any atom is 0.322 e. The lowest BCUT2D eigenvalue weighted by Crippen LogP contribution is -2.40. The van der Waals surface area contributed by atoms with Crippen molar-refractivity contribution in [3.8, 4) is 0 Å². The minimum Gasteiger partial charge on any atom is -0.320 e. The molecule has 3 N–H and O–H groups in total. The SMILES string of the molecule is Cc1c(NC(=O)c2cccc(C3(C)NC(=O)NC3=O)c2)sc2c1CCCC2. The Morgan fingerprint density at radius 1 is 1.22 bits per heavy atom. The first-order valence-electron chi connectivity index (χ1n) is 9.05. The summed E-state index contributed by atoms with van der Waals surface area (Å²) in [5.41, 5.74) is 2.39. The molecule has 4 rings (SSSR count). The van der Waals surface area contributed by atoms with E-state index in [1.54, 1.807) is 42.5 Å². The van der Waals surface area contributed by atoms with Gasteiger partial charge in [0.15, 0.2) is 0 Å². The van der Waals surface area contributed by atoms with Crippen molar-refractivity contribution in [3.63, 3.8) is 0 Å². The number of fused-ring (bicyclic) bond motifs is 1. The first-order valence-corrected chi connectivity index (χ1v) is 9.87. The Labute approximate surface area is 161 Å². The smallest absolute Gasteiger partial charge is 0.320 e. The number of carbonyl (C=O) groups excluding carboxylic acids is 3. The number of benzene rings is 1. The van der Waals surface area contributed by atoms with Crippen LogP contribution in [-0.4, -0.2) is 17.8 Å². The van der Waals surface area contributed by atoms with Gasteiger partial charge < -0.3 is 10.6 Å². The van der Waals surface area contributed by atoms with Gasteiger partial charge in [0.1, 0.15) is 5.54 Å². The maximum atomic E-state index is 12.8. The van der Waals surface area contributed by atoms with Crippen molar-refractivity contribution in [2.75, 3.05) is 5.32 Å². The molecular weight excluding hydrogens is 362 g/mol. The van der Waals surface area contributed by atoms with Gasteiger partial charge in [0.2, 0.25) is 0 Å². The highest BCUT2D eigenvalue weighted by atomic mass is 32.1. The number of thiophene rings is 1. The largest absolute Gasteiger partial charge is 0.322 e. The lowest BCUT2D eigenvalue weighted by Gasteiger charge is -2.21. The van der Waals surface area contributed by atoms with Gasteiger partial charge in [-0.15, -0.1) is 11.3 Å². The van der Waals surface area contributed by atoms with E-state index in [9.17, 15) is 14.4 Å². The number of hydrogen-bond acceptors (Lipinski definition) is 4. The van der Waals surface area contributed by atoms with E-state index < -0.39 is 17.5 Å². The van der Waals surface area contributed by atoms with Crippen molar-refractivity contribution in [1.29, 1.82) is 0 Å². The van der Waals surface area contributed by atoms with Crippen molar-refractivity contribution in [2.24, 2.45) is 0 Å². The molecule has 1 saturated heterocycles. The summed E-state index contributed by atoms with van der Waals surface area (Å²) in [4.78, 5) is 37.8. The Morgan fingerprint density at radius 2 is 2.00 bits per heavy atom. The van der Waals surface area contributed by atoms with Crippen molar-refractivity contribution in [2.45, 2.75) is 45.1 Å². The highest BCUT2D eigenvalue weighted by Gasteiger charge is 2.43. The van der Waals surface area contributed by atoms with Gasteiger partial charge in [-0.05, 0) is 68.4 Å². The van der Waals surface area contributed by atoms with E-state index in [1.807, 2.05) is 0 Å². The van der Waals surface area contributed by atoms with Gasteiger partial charge in [-0.2, -0.15) is 0 Å². The monoisotopic (exact) mass is 383 g/mol. The minimum atomic E-state index is -1.18. The molecule has 0 spiro atoms. The summed E-state index contributed by atoms with van der Waals surface area (Å²) in [6.07, 6.45) is 4.57. The van der Waals surface area contributed by atoms with Crippen LogP contribution in [0.3, 0.4) is 0 Å². The fourth-order valence-electron chi connectivity index (χ4n) is 3.74. The first kappa shape index (κ1) is 17.7. The summed E-state index contributed by atoms with van der Waals surface area (Å²) >= 11 is 1.66. The second-order valence-corrected chi connectivity index (χ2v) is 8.34. The van der Waals surface area contributed by atoms with Crippen LogP contribution in [0.2, 0.25) is 0 Å². The van der Waals surface area contributed by atoms with Crippen LogP contribution in [0.5, 0.6) is 0 Å². The standard InChI is InChI=1S/C20H21N3O3S/c1-11-14-8-3-4-9-15(14)27-17(11)21-16(24)12-6-5-7-13(10-12)20(2)18(25)22-19(26)23-20/h5-7,10H,3-4,8-9H2,1-2H3,(H,21,24)(H2,22,23,25,26). The molecule has 1 aromatic heterocycles. The van der Waals surface area contributed by atoms with Gasteiger partial charge >= 0.3 is 6.03 Å². The average molecular weight is 383 g/mol. The molecule has 1 fully saturated rings. The van der Waals surface area contributed by atoms with Gasteiger partial charge in [-0.1, -0.05) is 12.1 Å². The van der Waals surface area contributed by atoms with Crippen LogP contribution < -0.4 is 16.0 Å². The van der Waals surface area contributed by atoms with Crippen molar-refractivity contribution in [1.82, 2.24) is 10.6 Å². The molecule has 2 aliphatic rings. The van der Waals surface area contributed by atoms with Crippen LogP contribution in [0, 0.1) is 6.92 Å². The van der Waals surface area contributed by atoms with Crippen molar-refractivity contribution >= 4 is 34.2 Å². The Hall–Kier alpha value is -2.67. The number of aryl methyl sites for hydroxylation is 1. The quantitative estimate of drug-likeness (QED) is 0.711. The first-order chi connectivity index (χ1) is 12.9. The number of amides is 4. The van der Waals surface area contributed by atoms with Crippen LogP contribution >= 0.6 is 11.3 Å². The lowest BCUT2D eigenvalue weighted by atomic mass is 9.91. The second-order valence-electron chi connectivity index (χ2n) is 7.23. The number of hydrogen-bond donors (Lipinski definition) is 3. The zero-order valence-corrected chi connectivity index (χ0v) is 16.1. The van der Waals surface area contributed by atoms with E-state index >= 15 is 0 Å². The third-order valence-electron chi connectivity index (χ3n) is 5.41. The summed E-state index contributed by atoms with van der Waals surface area (Å²) in [5, 5.41) is 8.79. The molecule has 4 amide bonds. The van der Waals surface area contributed by atoms with Gasteiger partial charge in [0, 0.05) is 10.4 Å². The predicted molar refractivity (Wildman–Crippen MR) is 104 cm³/mol. The maximum absolute atomic E-state index is 12.8. The summed E-state index contributed by atoms with van der Waals surface area (Å²) in [5.74, 6) is -0.640. The van der Waals surface area contributed by atoms with E-state index in [1.165, 1.54) is 23.3 Å². The van der Waals surface area contributed by atoms with Crippen molar-refractivity contribution in [3.05, 3.63) is 51.4 Å². The molecule has 1 aliphatic carbocycles. The van der Waals surface area contributed by atoms with Crippen LogP contribution in [0.15, 0.2) is 24.3 Å². The van der Waals surface area contributed by atoms with Crippen LogP contribution in [0.4, 0.5) is 9.80 Å². The highest BCUT2D eigenvalue weighted by Crippen LogP contribution is 2.37. The van der Waals surface area contributed by atoms with E-state index in [2.05, 4.69) is 22.9 Å². The normalized spacial score (nSPS) is 21.4. The summed E-state index contributed by atoms with van der Waals surface area (Å²) in [7, 11) is 0. The molecule has 1 unspecified atom stereocenters. The van der Waals surface area contributed by atoms with E-state index in [4.69, 9.17) is 0 Å². The number of nitrogens with one attached hydrogen (secondary N) is 3. The van der Waals surface area contributed by atoms with Gasteiger partial charge in [0.05, 0.1) is 5.00 Å². The molecule has 2 aromatic rings. The van der Waals surface area contributed by atoms with Gasteiger partial charge in [0.25, 0.3) is 11.8 Å². The molecular formula is C20H21N3O3S. The molecule has 140 valence electrons. The fraction of sp³-hybridized carbons (Fsp3) is 0.350. The number of imide groups is 1. The topological polar surface area (TPSA) is 87.3 Å². The Morgan fingerprint density at radius 3 is 2.70 bits per heavy atom. The highest BCUT2D eigenvalue weighted by molar-refractivity contribution is 7.16. The molecule has 27 heavy (non-hydrogen) atoms. The number of rotatable bonds is 3. The average Bonchev–Trinajstić information content (AvgIpc) is 3.11. The Bertz CT molecular complexity index is 965. The van der Waals surface area contributed by atoms with E-state index in [0.29, 0.717) is 11.1 Å². The minimum absolute atomic E-state index is 0.216. The summed E-state index contributed by atoms with van der Waals surface area (Å²) in [6, 6.07) is 6.29. The summed E-state index contributed by atoms with van der Waals surface area (Å²) < 4.78 is 0. The second kappa shape index (κ2) is 6.49. The van der Waals surface area contributed by atoms with Crippen LogP contribution in [0.25, 0.3) is 0 Å². The zero-order chi connectivity index (χ0) is 19.2. The zero-order valence-electron chi connectivity index (χ0n) is 15.3. The molecule has 1 atom stereocenters. The number of anilines is 1. The fourth-order valence-corrected chi connectivity index (χ4v) is 5.03. The van der Waals surface area contributed by atoms with Crippen LogP contribution in [0.1, 0.15) is 51.7 Å². The number of carbonyl (C=O) groups is 3. The third-order valence-corrected chi connectivity index (χ3v) is 6.72. The molecule has 1 aromatic carbocycles.